The zero-order valence-corrected chi connectivity index (χ0v) is 16.8. The van der Waals surface area contributed by atoms with E-state index in [0.717, 1.165) is 24.1 Å². The van der Waals surface area contributed by atoms with Crippen LogP contribution in [0, 0.1) is 0 Å². The first kappa shape index (κ1) is 20.3. The lowest BCUT2D eigenvalue weighted by Crippen LogP contribution is -2.52. The highest BCUT2D eigenvalue weighted by molar-refractivity contribution is 6.05. The van der Waals surface area contributed by atoms with Crippen LogP contribution in [0.1, 0.15) is 45.5 Å². The first-order valence-electron chi connectivity index (χ1n) is 10.3. The third-order valence-corrected chi connectivity index (χ3v) is 5.70. The van der Waals surface area contributed by atoms with E-state index in [0.29, 0.717) is 31.6 Å². The number of fused-ring (bicyclic) bond motifs is 1. The number of nitrogens with one attached hydrogen (secondary N) is 2. The standard InChI is InChI=1S/C23H26N4O3/c24-10-9-15-1-3-16(4-2-15)12-25-13-17-5-6-19-18(11-17)14-27(23(19)30)20-7-8-21(28)26-22(20)29/h1-6,11,20,25H,7-10,12-14,24H2,(H,26,28,29). The number of carbonyl (C=O) groups excluding carboxylic acids is 3. The molecule has 30 heavy (non-hydrogen) atoms. The average molecular weight is 406 g/mol. The van der Waals surface area contributed by atoms with Gasteiger partial charge in [0, 0.05) is 31.6 Å². The summed E-state index contributed by atoms with van der Waals surface area (Å²) in [6.07, 6.45) is 1.53. The fourth-order valence-corrected chi connectivity index (χ4v) is 4.08. The summed E-state index contributed by atoms with van der Waals surface area (Å²) in [5, 5.41) is 5.76. The number of nitrogens with two attached hydrogens (primary N) is 1. The topological polar surface area (TPSA) is 105 Å². The van der Waals surface area contributed by atoms with E-state index >= 15 is 0 Å². The highest BCUT2D eigenvalue weighted by Crippen LogP contribution is 2.28. The molecule has 156 valence electrons. The predicted octanol–water partition coefficient (Wildman–Crippen LogP) is 1.24. The largest absolute Gasteiger partial charge is 0.330 e. The van der Waals surface area contributed by atoms with Crippen molar-refractivity contribution in [2.24, 2.45) is 5.73 Å². The number of rotatable bonds is 7. The summed E-state index contributed by atoms with van der Waals surface area (Å²) >= 11 is 0. The normalized spacial score (nSPS) is 18.5. The van der Waals surface area contributed by atoms with Gasteiger partial charge in [0.1, 0.15) is 6.04 Å². The molecule has 0 saturated carbocycles. The number of hydrogen-bond donors (Lipinski definition) is 3. The summed E-state index contributed by atoms with van der Waals surface area (Å²) in [6, 6.07) is 13.7. The van der Waals surface area contributed by atoms with E-state index in [1.165, 1.54) is 11.1 Å². The molecule has 0 radical (unpaired) electrons. The Balaban J connectivity index is 1.35. The number of carbonyl (C=O) groups is 3. The van der Waals surface area contributed by atoms with Crippen molar-refractivity contribution in [3.05, 3.63) is 70.3 Å². The molecule has 1 atom stereocenters. The molecular weight excluding hydrogens is 380 g/mol. The molecule has 0 aromatic heterocycles. The van der Waals surface area contributed by atoms with Crippen LogP contribution in [0.15, 0.2) is 42.5 Å². The third-order valence-electron chi connectivity index (χ3n) is 5.70. The van der Waals surface area contributed by atoms with Gasteiger partial charge in [0.15, 0.2) is 0 Å². The zero-order chi connectivity index (χ0) is 21.1. The van der Waals surface area contributed by atoms with Crippen LogP contribution in [0.3, 0.4) is 0 Å². The lowest BCUT2D eigenvalue weighted by Gasteiger charge is -2.29. The minimum absolute atomic E-state index is 0.142. The number of amides is 3. The van der Waals surface area contributed by atoms with E-state index < -0.39 is 6.04 Å². The summed E-state index contributed by atoms with van der Waals surface area (Å²) in [4.78, 5) is 37.8. The second-order valence-corrected chi connectivity index (χ2v) is 7.85. The Kier molecular flexibility index (Phi) is 5.92. The minimum Gasteiger partial charge on any atom is -0.330 e. The molecule has 2 heterocycles. The molecule has 1 fully saturated rings. The lowest BCUT2D eigenvalue weighted by atomic mass is 10.0. The highest BCUT2D eigenvalue weighted by Gasteiger charge is 2.38. The number of imide groups is 1. The van der Waals surface area contributed by atoms with Gasteiger partial charge in [0.05, 0.1) is 0 Å². The van der Waals surface area contributed by atoms with Gasteiger partial charge in [-0.25, -0.2) is 0 Å². The van der Waals surface area contributed by atoms with E-state index in [9.17, 15) is 14.4 Å². The SMILES string of the molecule is NCCc1ccc(CNCc2ccc3c(c2)CN(C2CCC(=O)NC2=O)C3=O)cc1. The van der Waals surface area contributed by atoms with Crippen LogP contribution in [0.25, 0.3) is 0 Å². The highest BCUT2D eigenvalue weighted by atomic mass is 16.2. The van der Waals surface area contributed by atoms with Gasteiger partial charge in [-0.2, -0.15) is 0 Å². The molecule has 2 aliphatic heterocycles. The van der Waals surface area contributed by atoms with Crippen LogP contribution in [0.4, 0.5) is 0 Å². The molecule has 4 N–H and O–H groups in total. The van der Waals surface area contributed by atoms with E-state index in [1.807, 2.05) is 18.2 Å². The number of piperidine rings is 1. The summed E-state index contributed by atoms with van der Waals surface area (Å²) in [7, 11) is 0. The smallest absolute Gasteiger partial charge is 0.255 e. The molecule has 0 spiro atoms. The van der Waals surface area contributed by atoms with Gasteiger partial charge in [-0.05, 0) is 47.7 Å². The van der Waals surface area contributed by atoms with Crippen LogP contribution in [0.2, 0.25) is 0 Å². The Labute approximate surface area is 175 Å². The first-order chi connectivity index (χ1) is 14.5. The van der Waals surface area contributed by atoms with Gasteiger partial charge in [-0.15, -0.1) is 0 Å². The van der Waals surface area contributed by atoms with Crippen molar-refractivity contribution in [3.8, 4) is 0 Å². The van der Waals surface area contributed by atoms with Gasteiger partial charge < -0.3 is 16.0 Å². The summed E-state index contributed by atoms with van der Waals surface area (Å²) in [5.74, 6) is -0.800. The fraction of sp³-hybridized carbons (Fsp3) is 0.348. The van der Waals surface area contributed by atoms with Gasteiger partial charge in [-0.3, -0.25) is 19.7 Å². The molecule has 2 aromatic carbocycles. The Hall–Kier alpha value is -3.03. The Morgan fingerprint density at radius 1 is 1.00 bits per heavy atom. The van der Waals surface area contributed by atoms with Gasteiger partial charge in [-0.1, -0.05) is 36.4 Å². The molecule has 4 rings (SSSR count). The molecule has 7 nitrogen and oxygen atoms in total. The van der Waals surface area contributed by atoms with Crippen LogP contribution in [0.5, 0.6) is 0 Å². The number of nitrogens with zero attached hydrogens (tertiary/aromatic N) is 1. The average Bonchev–Trinajstić information content (AvgIpc) is 3.05. The van der Waals surface area contributed by atoms with Crippen LogP contribution >= 0.6 is 0 Å². The van der Waals surface area contributed by atoms with Crippen LogP contribution in [-0.2, 0) is 35.6 Å². The van der Waals surface area contributed by atoms with Gasteiger partial charge in [0.2, 0.25) is 11.8 Å². The van der Waals surface area contributed by atoms with E-state index in [-0.39, 0.29) is 24.1 Å². The maximum Gasteiger partial charge on any atom is 0.255 e. The van der Waals surface area contributed by atoms with Crippen molar-refractivity contribution in [1.82, 2.24) is 15.5 Å². The summed E-state index contributed by atoms with van der Waals surface area (Å²) in [6.45, 7) is 2.49. The summed E-state index contributed by atoms with van der Waals surface area (Å²) in [5.41, 5.74) is 10.7. The monoisotopic (exact) mass is 406 g/mol. The lowest BCUT2D eigenvalue weighted by molar-refractivity contribution is -0.136. The Morgan fingerprint density at radius 3 is 2.43 bits per heavy atom. The van der Waals surface area contributed by atoms with Crippen molar-refractivity contribution in [2.45, 2.75) is 44.9 Å². The number of hydrogen-bond acceptors (Lipinski definition) is 5. The maximum atomic E-state index is 12.7. The molecule has 0 aliphatic carbocycles. The molecule has 1 saturated heterocycles. The van der Waals surface area contributed by atoms with Crippen molar-refractivity contribution >= 4 is 17.7 Å². The van der Waals surface area contributed by atoms with Crippen LogP contribution < -0.4 is 16.4 Å². The number of benzene rings is 2. The van der Waals surface area contributed by atoms with Crippen LogP contribution in [-0.4, -0.2) is 35.2 Å². The van der Waals surface area contributed by atoms with Crippen molar-refractivity contribution in [3.63, 3.8) is 0 Å². The van der Waals surface area contributed by atoms with Gasteiger partial charge in [0.25, 0.3) is 5.91 Å². The zero-order valence-electron chi connectivity index (χ0n) is 16.8. The molecule has 0 bridgehead atoms. The molecule has 1 unspecified atom stereocenters. The Morgan fingerprint density at radius 2 is 1.70 bits per heavy atom. The molecule has 2 aromatic rings. The Bertz CT molecular complexity index is 971. The molecule has 7 heteroatoms. The minimum atomic E-state index is -0.577. The molecular formula is C23H26N4O3. The fourth-order valence-electron chi connectivity index (χ4n) is 4.08. The molecule has 3 amide bonds. The second kappa shape index (κ2) is 8.77. The maximum absolute atomic E-state index is 12.7. The predicted molar refractivity (Wildman–Crippen MR) is 112 cm³/mol. The summed E-state index contributed by atoms with van der Waals surface area (Å²) < 4.78 is 0. The first-order valence-corrected chi connectivity index (χ1v) is 10.3. The van der Waals surface area contributed by atoms with Gasteiger partial charge >= 0.3 is 0 Å². The van der Waals surface area contributed by atoms with E-state index in [1.54, 1.807) is 4.90 Å². The van der Waals surface area contributed by atoms with E-state index in [4.69, 9.17) is 5.73 Å². The van der Waals surface area contributed by atoms with Crippen molar-refractivity contribution in [1.29, 1.82) is 0 Å². The molecule has 2 aliphatic rings. The third kappa shape index (κ3) is 4.27. The van der Waals surface area contributed by atoms with Crippen molar-refractivity contribution in [2.75, 3.05) is 6.54 Å². The second-order valence-electron chi connectivity index (χ2n) is 7.85. The van der Waals surface area contributed by atoms with E-state index in [2.05, 4.69) is 34.9 Å². The quantitative estimate of drug-likeness (QED) is 0.600. The van der Waals surface area contributed by atoms with Crippen molar-refractivity contribution < 1.29 is 14.4 Å².